The number of nitrogens with one attached hydrogen (secondary N) is 1. The number of halogens is 1. The molecule has 0 aliphatic heterocycles. The number of benzene rings is 1. The van der Waals surface area contributed by atoms with Crippen molar-refractivity contribution in [2.75, 3.05) is 12.4 Å². The molecule has 0 amide bonds. The third kappa shape index (κ3) is 1.96. The van der Waals surface area contributed by atoms with Crippen molar-refractivity contribution in [3.63, 3.8) is 0 Å². The van der Waals surface area contributed by atoms with Gasteiger partial charge in [-0.1, -0.05) is 28.6 Å². The van der Waals surface area contributed by atoms with E-state index < -0.39 is 5.97 Å². The van der Waals surface area contributed by atoms with Crippen LogP contribution in [-0.2, 0) is 0 Å². The van der Waals surface area contributed by atoms with Crippen molar-refractivity contribution >= 4 is 33.7 Å². The summed E-state index contributed by atoms with van der Waals surface area (Å²) in [7, 11) is 1.74. The fraction of sp³-hybridized carbons (Fsp3) is 0.100. The monoisotopic (exact) mass is 255 g/mol. The van der Waals surface area contributed by atoms with E-state index >= 15 is 0 Å². The average molecular weight is 256 g/mol. The molecule has 0 fully saturated rings. The molecule has 1 aromatic carbocycles. The third-order valence-corrected chi connectivity index (χ3v) is 2.51. The van der Waals surface area contributed by atoms with Gasteiger partial charge in [-0.3, -0.25) is 0 Å². The molecule has 0 unspecified atom stereocenters. The first-order chi connectivity index (χ1) is 6.60. The molecule has 0 spiro atoms. The Morgan fingerprint density at radius 2 is 2.29 bits per heavy atom. The first-order valence-corrected chi connectivity index (χ1v) is 4.76. The maximum Gasteiger partial charge on any atom is 0.335 e. The van der Waals surface area contributed by atoms with Gasteiger partial charge in [0.2, 0.25) is 0 Å². The highest BCUT2D eigenvalue weighted by molar-refractivity contribution is 9.10. The van der Waals surface area contributed by atoms with Gasteiger partial charge >= 0.3 is 5.97 Å². The summed E-state index contributed by atoms with van der Waals surface area (Å²) in [5.41, 5.74) is 1.84. The second kappa shape index (κ2) is 4.28. The normalized spacial score (nSPS) is 9.57. The van der Waals surface area contributed by atoms with E-state index in [0.717, 1.165) is 15.7 Å². The van der Waals surface area contributed by atoms with E-state index in [1.807, 2.05) is 0 Å². The molecule has 1 rings (SSSR count). The maximum absolute atomic E-state index is 10.7. The van der Waals surface area contributed by atoms with Crippen LogP contribution in [0.5, 0.6) is 0 Å². The summed E-state index contributed by atoms with van der Waals surface area (Å²) in [6.07, 6.45) is 1.67. The third-order valence-electron chi connectivity index (χ3n) is 1.85. The predicted molar refractivity (Wildman–Crippen MR) is 60.7 cm³/mol. The molecule has 0 aliphatic rings. The highest BCUT2D eigenvalue weighted by atomic mass is 79.9. The second-order valence-corrected chi connectivity index (χ2v) is 3.53. The molecule has 0 aliphatic carbocycles. The SMILES string of the molecule is C=Cc1c(Br)cc(C(=O)O)cc1NC. The van der Waals surface area contributed by atoms with Gasteiger partial charge in [-0.2, -0.15) is 0 Å². The van der Waals surface area contributed by atoms with Crippen LogP contribution >= 0.6 is 15.9 Å². The van der Waals surface area contributed by atoms with E-state index in [9.17, 15) is 4.79 Å². The summed E-state index contributed by atoms with van der Waals surface area (Å²) >= 11 is 3.29. The number of carbonyl (C=O) groups is 1. The molecule has 74 valence electrons. The Hall–Kier alpha value is -1.29. The Morgan fingerprint density at radius 3 is 2.71 bits per heavy atom. The Balaban J connectivity index is 3.38. The minimum atomic E-state index is -0.946. The molecule has 14 heavy (non-hydrogen) atoms. The minimum absolute atomic E-state index is 0.242. The van der Waals surface area contributed by atoms with E-state index in [2.05, 4.69) is 27.8 Å². The summed E-state index contributed by atoms with van der Waals surface area (Å²) in [4.78, 5) is 10.7. The van der Waals surface area contributed by atoms with Gasteiger partial charge in [0.25, 0.3) is 0 Å². The first kappa shape index (κ1) is 10.8. The molecule has 0 bridgehead atoms. The highest BCUT2D eigenvalue weighted by Gasteiger charge is 2.09. The zero-order chi connectivity index (χ0) is 10.7. The largest absolute Gasteiger partial charge is 0.478 e. The number of rotatable bonds is 3. The lowest BCUT2D eigenvalue weighted by molar-refractivity contribution is 0.0697. The van der Waals surface area contributed by atoms with Gasteiger partial charge < -0.3 is 10.4 Å². The molecular formula is C10H10BrNO2. The molecular weight excluding hydrogens is 246 g/mol. The summed E-state index contributed by atoms with van der Waals surface area (Å²) in [5.74, 6) is -0.946. The van der Waals surface area contributed by atoms with E-state index in [1.54, 1.807) is 25.3 Å². The number of carboxylic acids is 1. The lowest BCUT2D eigenvalue weighted by Gasteiger charge is -2.08. The average Bonchev–Trinajstić information content (AvgIpc) is 2.16. The molecule has 0 radical (unpaired) electrons. The van der Waals surface area contributed by atoms with Crippen molar-refractivity contribution < 1.29 is 9.90 Å². The maximum atomic E-state index is 10.7. The highest BCUT2D eigenvalue weighted by Crippen LogP contribution is 2.27. The van der Waals surface area contributed by atoms with Crippen LogP contribution in [0, 0.1) is 0 Å². The lowest BCUT2D eigenvalue weighted by Crippen LogP contribution is -2.00. The summed E-state index contributed by atoms with van der Waals surface area (Å²) in [6, 6.07) is 3.13. The molecule has 0 atom stereocenters. The molecule has 0 aromatic heterocycles. The van der Waals surface area contributed by atoms with E-state index in [0.29, 0.717) is 0 Å². The van der Waals surface area contributed by atoms with Crippen LogP contribution in [0.1, 0.15) is 15.9 Å². The molecule has 0 heterocycles. The molecule has 0 saturated carbocycles. The van der Waals surface area contributed by atoms with Crippen LogP contribution < -0.4 is 5.32 Å². The fourth-order valence-corrected chi connectivity index (χ4v) is 1.78. The second-order valence-electron chi connectivity index (χ2n) is 2.68. The Labute approximate surface area is 90.6 Å². The number of anilines is 1. The number of aromatic carboxylic acids is 1. The minimum Gasteiger partial charge on any atom is -0.478 e. The molecule has 0 saturated heterocycles. The van der Waals surface area contributed by atoms with Crippen LogP contribution in [0.25, 0.3) is 6.08 Å². The van der Waals surface area contributed by atoms with Crippen molar-refractivity contribution in [3.8, 4) is 0 Å². The van der Waals surface area contributed by atoms with Crippen LogP contribution in [0.3, 0.4) is 0 Å². The Bertz CT molecular complexity index is 388. The van der Waals surface area contributed by atoms with Crippen LogP contribution in [0.15, 0.2) is 23.2 Å². The number of hydrogen-bond acceptors (Lipinski definition) is 2. The summed E-state index contributed by atoms with van der Waals surface area (Å²) in [5, 5.41) is 11.7. The van der Waals surface area contributed by atoms with Crippen LogP contribution in [0.4, 0.5) is 5.69 Å². The van der Waals surface area contributed by atoms with E-state index in [1.165, 1.54) is 0 Å². The predicted octanol–water partition coefficient (Wildman–Crippen LogP) is 2.83. The van der Waals surface area contributed by atoms with Gasteiger partial charge in [-0.25, -0.2) is 4.79 Å². The first-order valence-electron chi connectivity index (χ1n) is 3.97. The Kier molecular flexibility index (Phi) is 3.30. The van der Waals surface area contributed by atoms with Crippen molar-refractivity contribution in [1.82, 2.24) is 0 Å². The van der Waals surface area contributed by atoms with E-state index in [-0.39, 0.29) is 5.56 Å². The van der Waals surface area contributed by atoms with Crippen LogP contribution in [-0.4, -0.2) is 18.1 Å². The zero-order valence-electron chi connectivity index (χ0n) is 7.67. The summed E-state index contributed by atoms with van der Waals surface area (Å²) in [6.45, 7) is 3.66. The fourth-order valence-electron chi connectivity index (χ4n) is 1.16. The lowest BCUT2D eigenvalue weighted by atomic mass is 10.1. The standard InChI is InChI=1S/C10H10BrNO2/c1-3-7-8(11)4-6(10(13)14)5-9(7)12-2/h3-5,12H,1H2,2H3,(H,13,14). The van der Waals surface area contributed by atoms with Crippen molar-refractivity contribution in [2.24, 2.45) is 0 Å². The molecule has 3 nitrogen and oxygen atoms in total. The van der Waals surface area contributed by atoms with Crippen LogP contribution in [0.2, 0.25) is 0 Å². The van der Waals surface area contributed by atoms with Gasteiger partial charge in [-0.05, 0) is 12.1 Å². The van der Waals surface area contributed by atoms with Gasteiger partial charge in [0, 0.05) is 22.8 Å². The molecule has 4 heteroatoms. The number of hydrogen-bond donors (Lipinski definition) is 2. The quantitative estimate of drug-likeness (QED) is 0.874. The van der Waals surface area contributed by atoms with Gasteiger partial charge in [0.1, 0.15) is 0 Å². The molecule has 2 N–H and O–H groups in total. The van der Waals surface area contributed by atoms with Gasteiger partial charge in [0.05, 0.1) is 5.56 Å². The Morgan fingerprint density at radius 1 is 1.64 bits per heavy atom. The zero-order valence-corrected chi connectivity index (χ0v) is 9.26. The number of carboxylic acid groups (broad SMARTS) is 1. The topological polar surface area (TPSA) is 49.3 Å². The van der Waals surface area contributed by atoms with Gasteiger partial charge in [-0.15, -0.1) is 0 Å². The molecule has 1 aromatic rings. The van der Waals surface area contributed by atoms with Crippen molar-refractivity contribution in [2.45, 2.75) is 0 Å². The van der Waals surface area contributed by atoms with Crippen molar-refractivity contribution in [3.05, 3.63) is 34.3 Å². The smallest absolute Gasteiger partial charge is 0.335 e. The summed E-state index contributed by atoms with van der Waals surface area (Å²) < 4.78 is 0.719. The van der Waals surface area contributed by atoms with Crippen molar-refractivity contribution in [1.29, 1.82) is 0 Å². The van der Waals surface area contributed by atoms with Gasteiger partial charge in [0.15, 0.2) is 0 Å². The van der Waals surface area contributed by atoms with E-state index in [4.69, 9.17) is 5.11 Å².